The molecule has 0 aliphatic carbocycles. The van der Waals surface area contributed by atoms with Crippen LogP contribution in [0.15, 0.2) is 67.0 Å². The molecular formula is C28H30ClN7O2. The first-order chi connectivity index (χ1) is 18.7. The number of aromatic nitrogens is 3. The van der Waals surface area contributed by atoms with E-state index in [-0.39, 0.29) is 5.91 Å². The highest BCUT2D eigenvalue weighted by molar-refractivity contribution is 6.31. The van der Waals surface area contributed by atoms with Gasteiger partial charge >= 0.3 is 0 Å². The molecule has 1 saturated heterocycles. The standard InChI is InChI=1S/C28H30ClN7O2/c29-21-5-8-23-24(9-13-31-25(23)19-21)30-11-1-2-12-32-26-10-14-33-28(35-26)34-22-6-3-20(4-7-22)27(37)36-15-17-38-18-16-36/h3-10,13-14,19H,1-2,11-12,15-18H2,(H,30,31)(H2,32,33,34,35). The highest BCUT2D eigenvalue weighted by Crippen LogP contribution is 2.24. The highest BCUT2D eigenvalue weighted by Gasteiger charge is 2.18. The Labute approximate surface area is 226 Å². The third-order valence-electron chi connectivity index (χ3n) is 6.27. The Morgan fingerprint density at radius 1 is 0.921 bits per heavy atom. The predicted molar refractivity (Wildman–Crippen MR) is 151 cm³/mol. The van der Waals surface area contributed by atoms with Crippen LogP contribution < -0.4 is 16.0 Å². The molecular weight excluding hydrogens is 502 g/mol. The van der Waals surface area contributed by atoms with Gasteiger partial charge in [0.05, 0.1) is 18.7 Å². The molecule has 2 aromatic carbocycles. The van der Waals surface area contributed by atoms with Gasteiger partial charge in [0.25, 0.3) is 5.91 Å². The maximum atomic E-state index is 12.6. The fraction of sp³-hybridized carbons (Fsp3) is 0.286. The minimum Gasteiger partial charge on any atom is -0.384 e. The maximum Gasteiger partial charge on any atom is 0.254 e. The van der Waals surface area contributed by atoms with Crippen LogP contribution in [-0.2, 0) is 4.74 Å². The number of unbranched alkanes of at least 4 members (excludes halogenated alkanes) is 1. The number of ether oxygens (including phenoxy) is 1. The van der Waals surface area contributed by atoms with E-state index in [1.807, 2.05) is 59.5 Å². The molecule has 1 fully saturated rings. The van der Waals surface area contributed by atoms with Crippen LogP contribution in [0, 0.1) is 0 Å². The molecule has 196 valence electrons. The van der Waals surface area contributed by atoms with Gasteiger partial charge in [-0.2, -0.15) is 4.98 Å². The van der Waals surface area contributed by atoms with Gasteiger partial charge in [0.15, 0.2) is 0 Å². The van der Waals surface area contributed by atoms with Crippen molar-refractivity contribution in [2.24, 2.45) is 0 Å². The first-order valence-corrected chi connectivity index (χ1v) is 13.1. The lowest BCUT2D eigenvalue weighted by atomic mass is 10.1. The van der Waals surface area contributed by atoms with Crippen molar-refractivity contribution in [3.8, 4) is 0 Å². The fourth-order valence-corrected chi connectivity index (χ4v) is 4.42. The van der Waals surface area contributed by atoms with Gasteiger partial charge in [-0.1, -0.05) is 11.6 Å². The second kappa shape index (κ2) is 12.5. The Balaban J connectivity index is 1.06. The highest BCUT2D eigenvalue weighted by atomic mass is 35.5. The van der Waals surface area contributed by atoms with Crippen molar-refractivity contribution in [3.05, 3.63) is 77.6 Å². The van der Waals surface area contributed by atoms with Crippen LogP contribution in [0.5, 0.6) is 0 Å². The first kappa shape index (κ1) is 25.7. The van der Waals surface area contributed by atoms with Crippen molar-refractivity contribution in [2.75, 3.05) is 55.3 Å². The predicted octanol–water partition coefficient (Wildman–Crippen LogP) is 5.20. The molecule has 0 unspecified atom stereocenters. The van der Waals surface area contributed by atoms with Gasteiger partial charge in [0.1, 0.15) is 5.82 Å². The SMILES string of the molecule is O=C(c1ccc(Nc2nccc(NCCCCNc3ccnc4cc(Cl)ccc34)n2)cc1)N1CCOCC1. The number of hydrogen-bond donors (Lipinski definition) is 3. The number of carbonyl (C=O) groups is 1. The van der Waals surface area contributed by atoms with E-state index in [1.54, 1.807) is 12.4 Å². The largest absolute Gasteiger partial charge is 0.384 e. The Morgan fingerprint density at radius 2 is 1.68 bits per heavy atom. The fourth-order valence-electron chi connectivity index (χ4n) is 4.26. The molecule has 0 spiro atoms. The lowest BCUT2D eigenvalue weighted by molar-refractivity contribution is 0.0303. The summed E-state index contributed by atoms with van der Waals surface area (Å²) in [5.74, 6) is 1.27. The normalized spacial score (nSPS) is 13.3. The van der Waals surface area contributed by atoms with Crippen LogP contribution in [0.3, 0.4) is 0 Å². The molecule has 0 bridgehead atoms. The number of carbonyl (C=O) groups excluding carboxylic acids is 1. The summed E-state index contributed by atoms with van der Waals surface area (Å²) in [7, 11) is 0. The van der Waals surface area contributed by atoms with E-state index in [2.05, 4.69) is 30.9 Å². The number of amides is 1. The molecule has 1 amide bonds. The minimum absolute atomic E-state index is 0.0246. The number of morpholine rings is 1. The summed E-state index contributed by atoms with van der Waals surface area (Å²) in [4.78, 5) is 27.7. The third kappa shape index (κ3) is 6.67. The van der Waals surface area contributed by atoms with Crippen molar-refractivity contribution in [1.29, 1.82) is 0 Å². The smallest absolute Gasteiger partial charge is 0.254 e. The van der Waals surface area contributed by atoms with E-state index in [1.165, 1.54) is 0 Å². The van der Waals surface area contributed by atoms with E-state index in [9.17, 15) is 4.79 Å². The minimum atomic E-state index is 0.0246. The van der Waals surface area contributed by atoms with Gasteiger partial charge in [0, 0.05) is 65.9 Å². The summed E-state index contributed by atoms with van der Waals surface area (Å²) < 4.78 is 5.32. The Bertz CT molecular complexity index is 1380. The number of hydrogen-bond acceptors (Lipinski definition) is 8. The van der Waals surface area contributed by atoms with Crippen molar-refractivity contribution < 1.29 is 9.53 Å². The average molecular weight is 532 g/mol. The van der Waals surface area contributed by atoms with Gasteiger partial charge in [-0.15, -0.1) is 0 Å². The molecule has 10 heteroatoms. The molecule has 5 rings (SSSR count). The van der Waals surface area contributed by atoms with Crippen LogP contribution >= 0.6 is 11.6 Å². The maximum absolute atomic E-state index is 12.6. The van der Waals surface area contributed by atoms with E-state index in [0.717, 1.165) is 54.0 Å². The second-order valence-electron chi connectivity index (χ2n) is 8.95. The molecule has 0 atom stereocenters. The quantitative estimate of drug-likeness (QED) is 0.240. The molecule has 4 aromatic rings. The zero-order valence-electron chi connectivity index (χ0n) is 21.0. The zero-order valence-corrected chi connectivity index (χ0v) is 21.7. The number of rotatable bonds is 10. The summed E-state index contributed by atoms with van der Waals surface area (Å²) >= 11 is 6.08. The number of nitrogens with one attached hydrogen (secondary N) is 3. The van der Waals surface area contributed by atoms with Gasteiger partial charge in [-0.3, -0.25) is 9.78 Å². The van der Waals surface area contributed by atoms with Gasteiger partial charge in [-0.05, 0) is 67.4 Å². The van der Waals surface area contributed by atoms with Crippen LogP contribution in [0.1, 0.15) is 23.2 Å². The summed E-state index contributed by atoms with van der Waals surface area (Å²) in [6, 6.07) is 17.0. The Kier molecular flexibility index (Phi) is 8.47. The summed E-state index contributed by atoms with van der Waals surface area (Å²) in [5, 5.41) is 11.8. The molecule has 3 N–H and O–H groups in total. The third-order valence-corrected chi connectivity index (χ3v) is 6.51. The first-order valence-electron chi connectivity index (χ1n) is 12.7. The number of pyridine rings is 1. The molecule has 1 aliphatic rings. The van der Waals surface area contributed by atoms with E-state index in [0.29, 0.717) is 42.8 Å². The molecule has 0 radical (unpaired) electrons. The average Bonchev–Trinajstić information content (AvgIpc) is 2.95. The van der Waals surface area contributed by atoms with Crippen molar-refractivity contribution in [2.45, 2.75) is 12.8 Å². The second-order valence-corrected chi connectivity index (χ2v) is 9.39. The van der Waals surface area contributed by atoms with Crippen LogP contribution in [0.25, 0.3) is 10.9 Å². The zero-order chi connectivity index (χ0) is 26.2. The Hall–Kier alpha value is -3.95. The number of benzene rings is 2. The van der Waals surface area contributed by atoms with Gasteiger partial charge in [-0.25, -0.2) is 4.98 Å². The molecule has 9 nitrogen and oxygen atoms in total. The lowest BCUT2D eigenvalue weighted by Gasteiger charge is -2.26. The number of anilines is 4. The molecule has 38 heavy (non-hydrogen) atoms. The molecule has 3 heterocycles. The van der Waals surface area contributed by atoms with Gasteiger partial charge < -0.3 is 25.6 Å². The summed E-state index contributed by atoms with van der Waals surface area (Å²) in [5.41, 5.74) is 3.42. The molecule has 2 aromatic heterocycles. The van der Waals surface area contributed by atoms with Crippen molar-refractivity contribution >= 4 is 51.6 Å². The van der Waals surface area contributed by atoms with E-state index >= 15 is 0 Å². The number of halogens is 1. The van der Waals surface area contributed by atoms with Crippen LogP contribution in [0.2, 0.25) is 5.02 Å². The number of nitrogens with zero attached hydrogens (tertiary/aromatic N) is 4. The monoisotopic (exact) mass is 531 g/mol. The van der Waals surface area contributed by atoms with Gasteiger partial charge in [0.2, 0.25) is 5.95 Å². The molecule has 1 aliphatic heterocycles. The van der Waals surface area contributed by atoms with Crippen LogP contribution in [0.4, 0.5) is 23.1 Å². The lowest BCUT2D eigenvalue weighted by Crippen LogP contribution is -2.40. The van der Waals surface area contributed by atoms with E-state index < -0.39 is 0 Å². The Morgan fingerprint density at radius 3 is 2.50 bits per heavy atom. The number of fused-ring (bicyclic) bond motifs is 1. The summed E-state index contributed by atoms with van der Waals surface area (Å²) in [6.45, 7) is 4.07. The summed E-state index contributed by atoms with van der Waals surface area (Å²) in [6.07, 6.45) is 5.49. The molecule has 0 saturated carbocycles. The van der Waals surface area contributed by atoms with Crippen molar-refractivity contribution in [3.63, 3.8) is 0 Å². The van der Waals surface area contributed by atoms with Crippen LogP contribution in [-0.4, -0.2) is 65.2 Å². The van der Waals surface area contributed by atoms with Crippen molar-refractivity contribution in [1.82, 2.24) is 19.9 Å². The van der Waals surface area contributed by atoms with E-state index in [4.69, 9.17) is 16.3 Å². The topological polar surface area (TPSA) is 104 Å².